The van der Waals surface area contributed by atoms with E-state index >= 15 is 0 Å². The molecule has 0 aliphatic rings. The van der Waals surface area contributed by atoms with Gasteiger partial charge >= 0.3 is 12.1 Å². The minimum absolute atomic E-state index is 0.0770. The molecular formula is C14H18ClNO4. The molecule has 5 nitrogen and oxygen atoms in total. The van der Waals surface area contributed by atoms with Crippen LogP contribution in [0, 0.1) is 5.92 Å². The van der Waals surface area contributed by atoms with Crippen molar-refractivity contribution >= 4 is 23.7 Å². The van der Waals surface area contributed by atoms with Gasteiger partial charge in [0.15, 0.2) is 0 Å². The summed E-state index contributed by atoms with van der Waals surface area (Å²) in [4.78, 5) is 22.7. The molecule has 1 aromatic carbocycles. The molecule has 0 spiro atoms. The Morgan fingerprint density at radius 1 is 1.30 bits per heavy atom. The number of benzene rings is 1. The number of halogens is 1. The average molecular weight is 300 g/mol. The summed E-state index contributed by atoms with van der Waals surface area (Å²) < 4.78 is 4.97. The number of ether oxygens (including phenoxy) is 1. The molecular weight excluding hydrogens is 282 g/mol. The van der Waals surface area contributed by atoms with E-state index in [0.29, 0.717) is 0 Å². The predicted molar refractivity (Wildman–Crippen MR) is 75.7 cm³/mol. The fraction of sp³-hybridized carbons (Fsp3) is 0.429. The molecule has 1 aromatic rings. The number of hydrogen-bond donors (Lipinski definition) is 2. The fourth-order valence-corrected chi connectivity index (χ4v) is 1.72. The first-order valence-electron chi connectivity index (χ1n) is 6.26. The lowest BCUT2D eigenvalue weighted by Crippen LogP contribution is -2.48. The molecule has 110 valence electrons. The number of carboxylic acid groups (broad SMARTS) is 1. The highest BCUT2D eigenvalue weighted by atomic mass is 35.5. The molecule has 0 aromatic heterocycles. The number of alkyl halides is 1. The Balaban J connectivity index is 2.52. The number of carbonyl (C=O) groups excluding carboxylic acids is 1. The van der Waals surface area contributed by atoms with E-state index in [1.54, 1.807) is 26.0 Å². The maximum absolute atomic E-state index is 11.6. The highest BCUT2D eigenvalue weighted by Crippen LogP contribution is 2.14. The molecule has 0 heterocycles. The van der Waals surface area contributed by atoms with Gasteiger partial charge in [0, 0.05) is 0 Å². The number of alkyl carbamates (subject to hydrolysis) is 1. The highest BCUT2D eigenvalue weighted by Gasteiger charge is 2.30. The summed E-state index contributed by atoms with van der Waals surface area (Å²) in [5.41, 5.74) is 0.820. The van der Waals surface area contributed by atoms with Crippen LogP contribution in [0.3, 0.4) is 0 Å². The smallest absolute Gasteiger partial charge is 0.408 e. The molecule has 20 heavy (non-hydrogen) atoms. The van der Waals surface area contributed by atoms with Gasteiger partial charge in [-0.3, -0.25) is 0 Å². The SMILES string of the molecule is CC(C)[C@H](Cl)[C@@H](NC(=O)OCc1ccccc1)C(=O)O. The summed E-state index contributed by atoms with van der Waals surface area (Å²) in [6.45, 7) is 3.64. The summed E-state index contributed by atoms with van der Waals surface area (Å²) in [7, 11) is 0. The Hall–Kier alpha value is -1.75. The van der Waals surface area contributed by atoms with Gasteiger partial charge in [-0.2, -0.15) is 0 Å². The van der Waals surface area contributed by atoms with E-state index in [9.17, 15) is 9.59 Å². The third-order valence-corrected chi connectivity index (χ3v) is 3.46. The van der Waals surface area contributed by atoms with Gasteiger partial charge in [-0.1, -0.05) is 44.2 Å². The van der Waals surface area contributed by atoms with E-state index in [2.05, 4.69) is 5.32 Å². The second-order valence-corrected chi connectivity index (χ2v) is 5.21. The number of carboxylic acids is 1. The first-order chi connectivity index (χ1) is 9.41. The normalized spacial score (nSPS) is 13.6. The zero-order chi connectivity index (χ0) is 15.1. The minimum atomic E-state index is -1.18. The number of rotatable bonds is 6. The van der Waals surface area contributed by atoms with Crippen molar-refractivity contribution in [1.29, 1.82) is 0 Å². The number of aliphatic carboxylic acids is 1. The van der Waals surface area contributed by atoms with Crippen LogP contribution >= 0.6 is 11.6 Å². The van der Waals surface area contributed by atoms with Crippen molar-refractivity contribution in [3.8, 4) is 0 Å². The van der Waals surface area contributed by atoms with Gasteiger partial charge in [0.05, 0.1) is 5.38 Å². The summed E-state index contributed by atoms with van der Waals surface area (Å²) in [6, 6.07) is 7.93. The first-order valence-corrected chi connectivity index (χ1v) is 6.69. The molecule has 2 atom stereocenters. The molecule has 0 aliphatic carbocycles. The number of carbonyl (C=O) groups is 2. The van der Waals surface area contributed by atoms with E-state index in [1.165, 1.54) is 0 Å². The lowest BCUT2D eigenvalue weighted by atomic mass is 10.0. The number of amides is 1. The van der Waals surface area contributed by atoms with Crippen LogP contribution in [0.1, 0.15) is 19.4 Å². The Kier molecular flexibility index (Phi) is 6.31. The molecule has 1 rings (SSSR count). The molecule has 0 radical (unpaired) electrons. The zero-order valence-electron chi connectivity index (χ0n) is 11.4. The van der Waals surface area contributed by atoms with E-state index in [1.807, 2.05) is 18.2 Å². The van der Waals surface area contributed by atoms with Crippen molar-refractivity contribution in [3.63, 3.8) is 0 Å². The van der Waals surface area contributed by atoms with Crippen molar-refractivity contribution in [2.45, 2.75) is 31.9 Å². The van der Waals surface area contributed by atoms with Crippen LogP contribution in [0.25, 0.3) is 0 Å². The van der Waals surface area contributed by atoms with Gasteiger partial charge < -0.3 is 15.2 Å². The monoisotopic (exact) mass is 299 g/mol. The lowest BCUT2D eigenvalue weighted by Gasteiger charge is -2.22. The Morgan fingerprint density at radius 2 is 1.90 bits per heavy atom. The zero-order valence-corrected chi connectivity index (χ0v) is 12.1. The van der Waals surface area contributed by atoms with Crippen LogP contribution < -0.4 is 5.32 Å². The maximum Gasteiger partial charge on any atom is 0.408 e. The lowest BCUT2D eigenvalue weighted by molar-refractivity contribution is -0.139. The van der Waals surface area contributed by atoms with Crippen molar-refractivity contribution in [2.75, 3.05) is 0 Å². The molecule has 1 amide bonds. The topological polar surface area (TPSA) is 75.6 Å². The standard InChI is InChI=1S/C14H18ClNO4/c1-9(2)11(15)12(13(17)18)16-14(19)20-8-10-6-4-3-5-7-10/h3-7,9,11-12H,8H2,1-2H3,(H,16,19)(H,17,18)/t11-,12+/m0/s1. The summed E-state index contributed by atoms with van der Waals surface area (Å²) in [6.07, 6.45) is -0.799. The van der Waals surface area contributed by atoms with Crippen molar-refractivity contribution in [2.24, 2.45) is 5.92 Å². The number of nitrogens with one attached hydrogen (secondary N) is 1. The van der Waals surface area contributed by atoms with Gasteiger partial charge in [-0.05, 0) is 11.5 Å². The van der Waals surface area contributed by atoms with Crippen molar-refractivity contribution in [3.05, 3.63) is 35.9 Å². The summed E-state index contributed by atoms with van der Waals surface area (Å²) in [5, 5.41) is 10.6. The molecule has 0 saturated carbocycles. The molecule has 6 heteroatoms. The van der Waals surface area contributed by atoms with Gasteiger partial charge in [0.2, 0.25) is 0 Å². The van der Waals surface area contributed by atoms with Crippen LogP contribution in [-0.4, -0.2) is 28.6 Å². The van der Waals surface area contributed by atoms with Crippen LogP contribution in [0.4, 0.5) is 4.79 Å². The molecule has 0 fully saturated rings. The minimum Gasteiger partial charge on any atom is -0.480 e. The van der Waals surface area contributed by atoms with Crippen LogP contribution in [-0.2, 0) is 16.1 Å². The predicted octanol–water partition coefficient (Wildman–Crippen LogP) is 2.63. The Bertz CT molecular complexity index is 450. The number of hydrogen-bond acceptors (Lipinski definition) is 3. The molecule has 0 aliphatic heterocycles. The third-order valence-electron chi connectivity index (χ3n) is 2.71. The molecule has 0 unspecified atom stereocenters. The quantitative estimate of drug-likeness (QED) is 0.792. The molecule has 0 saturated heterocycles. The Morgan fingerprint density at radius 3 is 2.40 bits per heavy atom. The second kappa shape index (κ2) is 7.75. The van der Waals surface area contributed by atoms with Gasteiger partial charge in [0.25, 0.3) is 0 Å². The summed E-state index contributed by atoms with van der Waals surface area (Å²) >= 11 is 5.99. The summed E-state index contributed by atoms with van der Waals surface area (Å²) in [5.74, 6) is -1.28. The van der Waals surface area contributed by atoms with Gasteiger partial charge in [-0.25, -0.2) is 9.59 Å². The molecule has 2 N–H and O–H groups in total. The van der Waals surface area contributed by atoms with E-state index in [4.69, 9.17) is 21.4 Å². The van der Waals surface area contributed by atoms with Crippen LogP contribution in [0.15, 0.2) is 30.3 Å². The van der Waals surface area contributed by atoms with E-state index in [-0.39, 0.29) is 12.5 Å². The third kappa shape index (κ3) is 5.09. The maximum atomic E-state index is 11.6. The Labute approximate surface area is 122 Å². The fourth-order valence-electron chi connectivity index (χ4n) is 1.55. The average Bonchev–Trinajstić information content (AvgIpc) is 2.42. The van der Waals surface area contributed by atoms with Crippen molar-refractivity contribution in [1.82, 2.24) is 5.32 Å². The largest absolute Gasteiger partial charge is 0.480 e. The van der Waals surface area contributed by atoms with Crippen LogP contribution in [0.5, 0.6) is 0 Å². The van der Waals surface area contributed by atoms with E-state index in [0.717, 1.165) is 5.56 Å². The second-order valence-electron chi connectivity index (χ2n) is 4.71. The van der Waals surface area contributed by atoms with Gasteiger partial charge in [0.1, 0.15) is 12.6 Å². The first kappa shape index (κ1) is 16.3. The van der Waals surface area contributed by atoms with E-state index < -0.39 is 23.5 Å². The molecule has 0 bridgehead atoms. The van der Waals surface area contributed by atoms with Crippen LogP contribution in [0.2, 0.25) is 0 Å². The van der Waals surface area contributed by atoms with Gasteiger partial charge in [-0.15, -0.1) is 11.6 Å². The highest BCUT2D eigenvalue weighted by molar-refractivity contribution is 6.22. The van der Waals surface area contributed by atoms with Crippen molar-refractivity contribution < 1.29 is 19.4 Å².